The van der Waals surface area contributed by atoms with Crippen LogP contribution in [-0.4, -0.2) is 23.1 Å². The Hall–Kier alpha value is -2.99. The van der Waals surface area contributed by atoms with Crippen molar-refractivity contribution in [2.75, 3.05) is 7.05 Å². The molecule has 3 aromatic rings. The van der Waals surface area contributed by atoms with Gasteiger partial charge in [-0.3, -0.25) is 10.1 Å². The van der Waals surface area contributed by atoms with Crippen LogP contribution in [-0.2, 0) is 17.8 Å². The summed E-state index contributed by atoms with van der Waals surface area (Å²) in [7, 11) is 1.62. The van der Waals surface area contributed by atoms with Crippen molar-refractivity contribution < 1.29 is 9.32 Å². The van der Waals surface area contributed by atoms with Crippen molar-refractivity contribution in [1.82, 2.24) is 20.8 Å². The highest BCUT2D eigenvalue weighted by Crippen LogP contribution is 2.14. The van der Waals surface area contributed by atoms with Gasteiger partial charge in [-0.15, -0.1) is 0 Å². The molecule has 1 heterocycles. The summed E-state index contributed by atoms with van der Waals surface area (Å²) in [5, 5.41) is 9.84. The average molecular weight is 336 g/mol. The van der Waals surface area contributed by atoms with E-state index in [9.17, 15) is 4.79 Å². The predicted molar refractivity (Wildman–Crippen MR) is 93.6 cm³/mol. The van der Waals surface area contributed by atoms with E-state index in [1.807, 2.05) is 60.7 Å². The number of hydrogen-bond acceptors (Lipinski definition) is 5. The van der Waals surface area contributed by atoms with Crippen molar-refractivity contribution in [3.8, 4) is 0 Å². The first-order valence-corrected chi connectivity index (χ1v) is 8.11. The highest BCUT2D eigenvalue weighted by Gasteiger charge is 2.19. The molecule has 6 nitrogen and oxygen atoms in total. The molecule has 6 heteroatoms. The van der Waals surface area contributed by atoms with E-state index in [0.717, 1.165) is 11.1 Å². The lowest BCUT2D eigenvalue weighted by atomic mass is 10.1. The number of amides is 1. The fourth-order valence-electron chi connectivity index (χ4n) is 2.55. The van der Waals surface area contributed by atoms with Crippen LogP contribution in [0.5, 0.6) is 0 Å². The number of carbonyl (C=O) groups excluding carboxylic acids is 1. The smallest absolute Gasteiger partial charge is 0.241 e. The molecule has 3 rings (SSSR count). The molecule has 0 aliphatic heterocycles. The Kier molecular flexibility index (Phi) is 5.53. The second kappa shape index (κ2) is 8.21. The fraction of sp³-hybridized carbons (Fsp3) is 0.211. The number of carbonyl (C=O) groups is 1. The minimum Gasteiger partial charge on any atom is -0.358 e. The third-order valence-electron chi connectivity index (χ3n) is 3.81. The van der Waals surface area contributed by atoms with Crippen LogP contribution in [0.25, 0.3) is 0 Å². The number of likely N-dealkylation sites (N-methyl/N-ethyl adjacent to an activating group) is 1. The molecule has 128 valence electrons. The Labute approximate surface area is 146 Å². The number of benzene rings is 2. The first-order chi connectivity index (χ1) is 12.3. The molecule has 25 heavy (non-hydrogen) atoms. The lowest BCUT2D eigenvalue weighted by Gasteiger charge is -2.16. The van der Waals surface area contributed by atoms with Crippen molar-refractivity contribution in [3.63, 3.8) is 0 Å². The summed E-state index contributed by atoms with van der Waals surface area (Å²) < 4.78 is 5.28. The van der Waals surface area contributed by atoms with Crippen LogP contribution in [0.2, 0.25) is 0 Å². The topological polar surface area (TPSA) is 80.0 Å². The fourth-order valence-corrected chi connectivity index (χ4v) is 2.55. The van der Waals surface area contributed by atoms with Gasteiger partial charge in [-0.05, 0) is 11.1 Å². The number of nitrogens with zero attached hydrogens (tertiary/aromatic N) is 2. The highest BCUT2D eigenvalue weighted by molar-refractivity contribution is 5.82. The lowest BCUT2D eigenvalue weighted by Crippen LogP contribution is -2.35. The zero-order valence-electron chi connectivity index (χ0n) is 14.0. The molecular formula is C19H20N4O2. The maximum absolute atomic E-state index is 12.1. The normalized spacial score (nSPS) is 11.9. The quantitative estimate of drug-likeness (QED) is 0.692. The van der Waals surface area contributed by atoms with Gasteiger partial charge in [-0.2, -0.15) is 4.98 Å². The first kappa shape index (κ1) is 16.9. The van der Waals surface area contributed by atoms with E-state index in [4.69, 9.17) is 4.52 Å². The molecule has 0 aliphatic carbocycles. The van der Waals surface area contributed by atoms with Crippen molar-refractivity contribution in [2.24, 2.45) is 0 Å². The lowest BCUT2D eigenvalue weighted by molar-refractivity contribution is -0.122. The summed E-state index contributed by atoms with van der Waals surface area (Å²) in [6.45, 7) is 0.314. The summed E-state index contributed by atoms with van der Waals surface area (Å²) >= 11 is 0. The van der Waals surface area contributed by atoms with Gasteiger partial charge in [-0.1, -0.05) is 65.8 Å². The molecule has 0 unspecified atom stereocenters. The Morgan fingerprint density at radius 1 is 1.08 bits per heavy atom. The molecule has 0 bridgehead atoms. The minimum absolute atomic E-state index is 0.116. The van der Waals surface area contributed by atoms with E-state index in [0.29, 0.717) is 24.7 Å². The second-order valence-corrected chi connectivity index (χ2v) is 5.61. The third-order valence-corrected chi connectivity index (χ3v) is 3.81. The Balaban J connectivity index is 1.64. The summed E-state index contributed by atoms with van der Waals surface area (Å²) in [4.78, 5) is 16.5. The van der Waals surface area contributed by atoms with Crippen LogP contribution < -0.4 is 10.6 Å². The van der Waals surface area contributed by atoms with Crippen LogP contribution in [0.3, 0.4) is 0 Å². The second-order valence-electron chi connectivity index (χ2n) is 5.61. The molecule has 0 radical (unpaired) electrons. The zero-order chi connectivity index (χ0) is 17.5. The van der Waals surface area contributed by atoms with Crippen molar-refractivity contribution in [1.29, 1.82) is 0 Å². The third kappa shape index (κ3) is 4.51. The largest absolute Gasteiger partial charge is 0.358 e. The Morgan fingerprint density at radius 2 is 1.76 bits per heavy atom. The van der Waals surface area contributed by atoms with Crippen molar-refractivity contribution >= 4 is 5.91 Å². The van der Waals surface area contributed by atoms with Crippen LogP contribution in [0.1, 0.15) is 28.9 Å². The predicted octanol–water partition coefficient (Wildman–Crippen LogP) is 2.24. The average Bonchev–Trinajstić information content (AvgIpc) is 3.10. The van der Waals surface area contributed by atoms with Gasteiger partial charge in [0.25, 0.3) is 0 Å². The molecule has 1 amide bonds. The maximum Gasteiger partial charge on any atom is 0.241 e. The molecule has 0 aliphatic rings. The molecule has 1 aromatic heterocycles. The standard InChI is InChI=1S/C19H20N4O2/c1-20-19(24)18(15-10-6-3-7-11-15)21-13-17-22-16(23-25-17)12-14-8-4-2-5-9-14/h2-11,18,21H,12-13H2,1H3,(H,20,24)/t18-/m0/s1. The van der Waals surface area contributed by atoms with Gasteiger partial charge in [0.05, 0.1) is 6.54 Å². The van der Waals surface area contributed by atoms with Crippen LogP contribution >= 0.6 is 0 Å². The summed E-state index contributed by atoms with van der Waals surface area (Å²) in [5.41, 5.74) is 2.00. The monoisotopic (exact) mass is 336 g/mol. The molecule has 2 aromatic carbocycles. The molecule has 0 saturated carbocycles. The molecule has 0 fully saturated rings. The van der Waals surface area contributed by atoms with Gasteiger partial charge in [0.2, 0.25) is 11.8 Å². The Bertz CT molecular complexity index is 803. The SMILES string of the molecule is CNC(=O)[C@@H](NCc1nc(Cc2ccccc2)no1)c1ccccc1. The van der Waals surface area contributed by atoms with Gasteiger partial charge in [-0.25, -0.2) is 0 Å². The van der Waals surface area contributed by atoms with Gasteiger partial charge < -0.3 is 9.84 Å². The molecular weight excluding hydrogens is 316 g/mol. The van der Waals surface area contributed by atoms with E-state index in [-0.39, 0.29) is 5.91 Å². The van der Waals surface area contributed by atoms with Crippen LogP contribution in [0, 0.1) is 0 Å². The summed E-state index contributed by atoms with van der Waals surface area (Å²) in [6, 6.07) is 19.0. The summed E-state index contributed by atoms with van der Waals surface area (Å²) in [6.07, 6.45) is 0.613. The minimum atomic E-state index is -0.476. The number of hydrogen-bond donors (Lipinski definition) is 2. The van der Waals surface area contributed by atoms with Gasteiger partial charge in [0.1, 0.15) is 6.04 Å². The van der Waals surface area contributed by atoms with Crippen molar-refractivity contribution in [3.05, 3.63) is 83.5 Å². The maximum atomic E-state index is 12.1. The highest BCUT2D eigenvalue weighted by atomic mass is 16.5. The summed E-state index contributed by atoms with van der Waals surface area (Å²) in [5.74, 6) is 0.963. The molecule has 0 spiro atoms. The molecule has 1 atom stereocenters. The first-order valence-electron chi connectivity index (χ1n) is 8.11. The van der Waals surface area contributed by atoms with Crippen molar-refractivity contribution in [2.45, 2.75) is 19.0 Å². The van der Waals surface area contributed by atoms with E-state index in [1.165, 1.54) is 0 Å². The molecule has 2 N–H and O–H groups in total. The van der Waals surface area contributed by atoms with Crippen LogP contribution in [0.15, 0.2) is 65.2 Å². The van der Waals surface area contributed by atoms with E-state index in [2.05, 4.69) is 20.8 Å². The van der Waals surface area contributed by atoms with Gasteiger partial charge >= 0.3 is 0 Å². The van der Waals surface area contributed by atoms with E-state index >= 15 is 0 Å². The number of aromatic nitrogens is 2. The zero-order valence-corrected chi connectivity index (χ0v) is 14.0. The number of rotatable bonds is 7. The van der Waals surface area contributed by atoms with Gasteiger partial charge in [0.15, 0.2) is 5.82 Å². The van der Waals surface area contributed by atoms with E-state index < -0.39 is 6.04 Å². The Morgan fingerprint density at radius 3 is 2.44 bits per heavy atom. The van der Waals surface area contributed by atoms with Crippen LogP contribution in [0.4, 0.5) is 0 Å². The van der Waals surface area contributed by atoms with E-state index in [1.54, 1.807) is 7.05 Å². The number of nitrogens with one attached hydrogen (secondary N) is 2. The molecule has 0 saturated heterocycles. The van der Waals surface area contributed by atoms with Gasteiger partial charge in [0, 0.05) is 13.5 Å².